The van der Waals surface area contributed by atoms with Crippen LogP contribution in [0.3, 0.4) is 0 Å². The highest BCUT2D eigenvalue weighted by molar-refractivity contribution is 9.09. The van der Waals surface area contributed by atoms with Crippen molar-refractivity contribution in [2.75, 3.05) is 18.5 Å². The second-order valence-corrected chi connectivity index (χ2v) is 6.30. The summed E-state index contributed by atoms with van der Waals surface area (Å²) in [7, 11) is 0. The van der Waals surface area contributed by atoms with E-state index in [0.29, 0.717) is 12.6 Å². The number of piperidine rings is 1. The number of likely N-dealkylation sites (tertiary alicyclic amines) is 1. The Morgan fingerprint density at radius 2 is 2.29 bits per heavy atom. The van der Waals surface area contributed by atoms with Gasteiger partial charge in [-0.05, 0) is 50.3 Å². The van der Waals surface area contributed by atoms with Crippen molar-refractivity contribution in [1.29, 1.82) is 0 Å². The number of hydrogen-bond donors (Lipinski definition) is 0. The fraction of sp³-hybridized carbons (Fsp3) is 0.588. The van der Waals surface area contributed by atoms with Gasteiger partial charge < -0.3 is 9.64 Å². The van der Waals surface area contributed by atoms with Crippen LogP contribution in [0, 0.1) is 0 Å². The van der Waals surface area contributed by atoms with E-state index in [1.807, 2.05) is 29.2 Å². The second kappa shape index (κ2) is 8.42. The number of rotatable bonds is 6. The third-order valence-electron chi connectivity index (χ3n) is 3.88. The van der Waals surface area contributed by atoms with Crippen LogP contribution in [0.5, 0.6) is 5.75 Å². The minimum atomic E-state index is 0.141. The number of alkyl halides is 1. The van der Waals surface area contributed by atoms with E-state index in [0.717, 1.165) is 48.9 Å². The molecule has 1 atom stereocenters. The number of nitrogens with zero attached hydrogens (tertiary/aromatic N) is 1. The van der Waals surface area contributed by atoms with Crippen LogP contribution >= 0.6 is 15.9 Å². The first-order chi connectivity index (χ1) is 10.3. The second-order valence-electron chi connectivity index (χ2n) is 5.50. The van der Waals surface area contributed by atoms with Gasteiger partial charge in [0, 0.05) is 23.5 Å². The Hall–Kier alpha value is -1.03. The predicted octanol–water partition coefficient (Wildman–Crippen LogP) is 4.26. The van der Waals surface area contributed by atoms with Crippen LogP contribution < -0.4 is 4.74 Å². The van der Waals surface area contributed by atoms with Crippen molar-refractivity contribution in [3.63, 3.8) is 0 Å². The first-order valence-corrected chi connectivity index (χ1v) is 8.98. The molecule has 1 saturated heterocycles. The van der Waals surface area contributed by atoms with E-state index in [9.17, 15) is 4.79 Å². The van der Waals surface area contributed by atoms with Crippen molar-refractivity contribution >= 4 is 21.8 Å². The molecule has 1 aromatic rings. The van der Waals surface area contributed by atoms with Crippen molar-refractivity contribution in [2.24, 2.45) is 0 Å². The number of hydrogen-bond acceptors (Lipinski definition) is 2. The molecule has 1 fully saturated rings. The molecule has 0 radical (unpaired) electrons. The number of halogens is 1. The van der Waals surface area contributed by atoms with Gasteiger partial charge in [0.05, 0.1) is 6.61 Å². The number of carbonyl (C=O) groups is 1. The van der Waals surface area contributed by atoms with E-state index < -0.39 is 0 Å². The number of benzene rings is 1. The Labute approximate surface area is 135 Å². The monoisotopic (exact) mass is 353 g/mol. The van der Waals surface area contributed by atoms with Crippen LogP contribution in [-0.4, -0.2) is 35.3 Å². The van der Waals surface area contributed by atoms with Crippen LogP contribution in [-0.2, 0) is 0 Å². The smallest absolute Gasteiger partial charge is 0.254 e. The summed E-state index contributed by atoms with van der Waals surface area (Å²) in [4.78, 5) is 14.8. The summed E-state index contributed by atoms with van der Waals surface area (Å²) in [5.74, 6) is 0.930. The zero-order chi connectivity index (χ0) is 15.1. The maximum atomic E-state index is 12.8. The minimum Gasteiger partial charge on any atom is -0.494 e. The van der Waals surface area contributed by atoms with Gasteiger partial charge in [0.2, 0.25) is 0 Å². The zero-order valence-corrected chi connectivity index (χ0v) is 14.3. The molecule has 1 heterocycles. The molecule has 2 rings (SSSR count). The topological polar surface area (TPSA) is 29.5 Å². The van der Waals surface area contributed by atoms with Gasteiger partial charge in [0.1, 0.15) is 5.75 Å². The van der Waals surface area contributed by atoms with Crippen molar-refractivity contribution in [3.8, 4) is 5.75 Å². The van der Waals surface area contributed by atoms with Gasteiger partial charge in [-0.25, -0.2) is 0 Å². The summed E-state index contributed by atoms with van der Waals surface area (Å²) in [5, 5.41) is 0.946. The van der Waals surface area contributed by atoms with Crippen LogP contribution in [0.15, 0.2) is 24.3 Å². The fourth-order valence-electron chi connectivity index (χ4n) is 2.80. The van der Waals surface area contributed by atoms with Gasteiger partial charge in [-0.2, -0.15) is 0 Å². The molecule has 0 bridgehead atoms. The summed E-state index contributed by atoms with van der Waals surface area (Å²) < 4.78 is 5.63. The summed E-state index contributed by atoms with van der Waals surface area (Å²) >= 11 is 3.50. The third kappa shape index (κ3) is 4.47. The Balaban J connectivity index is 2.10. The minimum absolute atomic E-state index is 0.141. The highest BCUT2D eigenvalue weighted by Gasteiger charge is 2.27. The lowest BCUT2D eigenvalue weighted by molar-refractivity contribution is 0.0609. The van der Waals surface area contributed by atoms with Crippen molar-refractivity contribution in [2.45, 2.75) is 45.1 Å². The highest BCUT2D eigenvalue weighted by Crippen LogP contribution is 2.24. The van der Waals surface area contributed by atoms with Crippen molar-refractivity contribution in [3.05, 3.63) is 29.8 Å². The fourth-order valence-corrected chi connectivity index (χ4v) is 3.33. The summed E-state index contributed by atoms with van der Waals surface area (Å²) in [5.41, 5.74) is 0.741. The Morgan fingerprint density at radius 1 is 1.43 bits per heavy atom. The van der Waals surface area contributed by atoms with Crippen LogP contribution in [0.25, 0.3) is 0 Å². The first kappa shape index (κ1) is 16.3. The molecule has 4 heteroatoms. The van der Waals surface area contributed by atoms with Gasteiger partial charge in [-0.3, -0.25) is 4.79 Å². The SMILES string of the molecule is CCCOc1cccc(C(=O)N2CCCCC2CCBr)c1. The molecular formula is C17H24BrNO2. The first-order valence-electron chi connectivity index (χ1n) is 7.86. The maximum Gasteiger partial charge on any atom is 0.254 e. The molecule has 0 N–H and O–H groups in total. The molecule has 1 aliphatic rings. The summed E-state index contributed by atoms with van der Waals surface area (Å²) in [6.45, 7) is 3.64. The molecule has 21 heavy (non-hydrogen) atoms. The quantitative estimate of drug-likeness (QED) is 0.715. The number of ether oxygens (including phenoxy) is 1. The zero-order valence-electron chi connectivity index (χ0n) is 12.7. The summed E-state index contributed by atoms with van der Waals surface area (Å²) in [6, 6.07) is 7.95. The average molecular weight is 354 g/mol. The lowest BCUT2D eigenvalue weighted by Gasteiger charge is -2.35. The van der Waals surface area contributed by atoms with Crippen molar-refractivity contribution < 1.29 is 9.53 Å². The lowest BCUT2D eigenvalue weighted by Crippen LogP contribution is -2.43. The van der Waals surface area contributed by atoms with Gasteiger partial charge in [-0.15, -0.1) is 0 Å². The molecule has 1 aromatic carbocycles. The Morgan fingerprint density at radius 3 is 3.05 bits per heavy atom. The van der Waals surface area contributed by atoms with Crippen LogP contribution in [0.4, 0.5) is 0 Å². The normalized spacial score (nSPS) is 18.6. The predicted molar refractivity (Wildman–Crippen MR) is 89.3 cm³/mol. The maximum absolute atomic E-state index is 12.8. The molecule has 1 amide bonds. The van der Waals surface area contributed by atoms with Gasteiger partial charge >= 0.3 is 0 Å². The van der Waals surface area contributed by atoms with E-state index in [-0.39, 0.29) is 5.91 Å². The Kier molecular flexibility index (Phi) is 6.55. The van der Waals surface area contributed by atoms with E-state index in [1.54, 1.807) is 0 Å². The standard InChI is InChI=1S/C17H24BrNO2/c1-2-12-21-16-8-5-6-14(13-16)17(20)19-11-4-3-7-15(19)9-10-18/h5-6,8,13,15H,2-4,7,9-12H2,1H3. The molecular weight excluding hydrogens is 330 g/mol. The van der Waals surface area contributed by atoms with Crippen molar-refractivity contribution in [1.82, 2.24) is 4.90 Å². The lowest BCUT2D eigenvalue weighted by atomic mass is 9.99. The molecule has 0 aliphatic carbocycles. The highest BCUT2D eigenvalue weighted by atomic mass is 79.9. The van der Waals surface area contributed by atoms with E-state index in [2.05, 4.69) is 22.9 Å². The van der Waals surface area contributed by atoms with E-state index >= 15 is 0 Å². The van der Waals surface area contributed by atoms with Gasteiger partial charge in [0.25, 0.3) is 5.91 Å². The summed E-state index contributed by atoms with van der Waals surface area (Å²) in [6.07, 6.45) is 5.44. The molecule has 3 nitrogen and oxygen atoms in total. The third-order valence-corrected chi connectivity index (χ3v) is 4.34. The number of carbonyl (C=O) groups excluding carboxylic acids is 1. The Bertz CT molecular complexity index is 462. The van der Waals surface area contributed by atoms with E-state index in [1.165, 1.54) is 6.42 Å². The van der Waals surface area contributed by atoms with Gasteiger partial charge in [-0.1, -0.05) is 28.9 Å². The van der Waals surface area contributed by atoms with Crippen LogP contribution in [0.1, 0.15) is 49.4 Å². The number of amides is 1. The molecule has 116 valence electrons. The van der Waals surface area contributed by atoms with E-state index in [4.69, 9.17) is 4.74 Å². The molecule has 0 spiro atoms. The van der Waals surface area contributed by atoms with Gasteiger partial charge in [0.15, 0.2) is 0 Å². The largest absolute Gasteiger partial charge is 0.494 e. The average Bonchev–Trinajstić information content (AvgIpc) is 2.53. The molecule has 1 aliphatic heterocycles. The molecule has 0 aromatic heterocycles. The molecule has 1 unspecified atom stereocenters. The molecule has 0 saturated carbocycles. The van der Waals surface area contributed by atoms with Crippen LogP contribution in [0.2, 0.25) is 0 Å².